The topological polar surface area (TPSA) is 69.4 Å². The third-order valence-corrected chi connectivity index (χ3v) is 27.1. The highest BCUT2D eigenvalue weighted by Gasteiger charge is 2.37. The Balaban J connectivity index is 0.680. The van der Waals surface area contributed by atoms with Gasteiger partial charge in [0.2, 0.25) is 0 Å². The summed E-state index contributed by atoms with van der Waals surface area (Å²) in [6.45, 7) is 4.81. The fourth-order valence-corrected chi connectivity index (χ4v) is 21.1. The molecule has 0 radical (unpaired) electrons. The third kappa shape index (κ3) is 11.1. The van der Waals surface area contributed by atoms with Gasteiger partial charge in [-0.2, -0.15) is 0 Å². The Bertz CT molecular complexity index is 9000. The maximum Gasteiger partial charge on any atom is 0.145 e. The minimum absolute atomic E-state index is 0.262. The number of aromatic nitrogens is 6. The van der Waals surface area contributed by atoms with Crippen LogP contribution in [0.3, 0.4) is 0 Å². The third-order valence-electron chi connectivity index (χ3n) is 27.1. The van der Waals surface area contributed by atoms with Crippen LogP contribution in [0.5, 0.6) is 0 Å². The number of imidazole rings is 1. The molecular weight excluding hydrogens is 1530 g/mol. The number of fused-ring (bicyclic) bond motifs is 20. The zero-order valence-corrected chi connectivity index (χ0v) is 68.9. The molecule has 0 saturated heterocycles. The normalized spacial score (nSPS) is 12.6. The van der Waals surface area contributed by atoms with Crippen molar-refractivity contribution in [3.05, 3.63) is 424 Å². The molecule has 126 heavy (non-hydrogen) atoms. The van der Waals surface area contributed by atoms with E-state index >= 15 is 0 Å². The van der Waals surface area contributed by atoms with E-state index in [9.17, 15) is 0 Å². The molecule has 0 bridgehead atoms. The van der Waals surface area contributed by atoms with Gasteiger partial charge >= 0.3 is 0 Å². The Labute approximate surface area is 726 Å². The second-order valence-electron chi connectivity index (χ2n) is 34.4. The summed E-state index contributed by atoms with van der Waals surface area (Å²) < 4.78 is 2.30. The summed E-state index contributed by atoms with van der Waals surface area (Å²) in [6, 6.07) is 150. The van der Waals surface area contributed by atoms with Crippen molar-refractivity contribution in [3.8, 4) is 118 Å². The van der Waals surface area contributed by atoms with Crippen LogP contribution >= 0.6 is 0 Å². The van der Waals surface area contributed by atoms with Crippen molar-refractivity contribution in [2.24, 2.45) is 0 Å². The first-order valence-electron chi connectivity index (χ1n) is 43.4. The highest BCUT2D eigenvalue weighted by molar-refractivity contribution is 6.27. The predicted molar refractivity (Wildman–Crippen MR) is 529 cm³/mol. The van der Waals surface area contributed by atoms with Crippen molar-refractivity contribution in [2.45, 2.75) is 19.3 Å². The second-order valence-corrected chi connectivity index (χ2v) is 34.4. The summed E-state index contributed by atoms with van der Waals surface area (Å²) in [5.41, 5.74) is 30.0. The van der Waals surface area contributed by atoms with Gasteiger partial charge in [0, 0.05) is 66.5 Å². The Kier molecular flexibility index (Phi) is 15.7. The standard InChI is InChI=1S/C120H74N6/c1-120(2)104-36-18-17-33-89(104)97-69-102-103(70-105(97)120)114(85-48-41-73-24-11-14-29-79(73)64-85)100-66-81(49-53-90(100)111(102)75-42-44-76(45-43-75)119-125-109-37-19-20-38-110(109)126(119)87-30-7-4-8-31-87)80-50-54-91-99(65-80)112(83-46-39-71-22-9-12-27-77(71)62-83)92-55-51-82(67-101(92)113(91)84-47-40-72-23-10-13-28-78(72)63-84)107-58-52-86-68-98(88-32-15-16-34-93(88)115(86)122-107)108-60-57-96-116-95(94-35-21-61-121-117(94)118(96)124-108)56-59-106(123-116)74-25-5-3-6-26-74/h3-70H,1-2H3. The van der Waals surface area contributed by atoms with E-state index in [1.54, 1.807) is 0 Å². The molecular formula is C120H74N6. The summed E-state index contributed by atoms with van der Waals surface area (Å²) in [4.78, 5) is 27.1. The molecule has 20 aromatic carbocycles. The molecule has 0 unspecified atom stereocenters. The van der Waals surface area contributed by atoms with Crippen molar-refractivity contribution in [2.75, 3.05) is 0 Å². The summed E-state index contributed by atoms with van der Waals surface area (Å²) in [7, 11) is 0. The maximum atomic E-state index is 5.76. The molecule has 25 aromatic rings. The SMILES string of the molecule is CC1(C)c2ccccc2-c2cc3c(-c4ccc(-c5nc6ccccc6n5-c5ccccc5)cc4)c4ccc(-c5ccc6c(-c7ccc8ccccc8c7)c7cc(-c8ccc9cc(-c%10ccc%11c%12nc(-c%13ccccc%13)ccc%12c%12cccnc%12c%11n%10)c%10ccccc%10c9n8)ccc7c(-c7ccc8ccccc8c7)c6c5)cc4c(-c4ccc5ccccc5c4)c3cc21. The van der Waals surface area contributed by atoms with Gasteiger partial charge in [-0.25, -0.2) is 19.9 Å². The lowest BCUT2D eigenvalue weighted by Gasteiger charge is -2.24. The van der Waals surface area contributed by atoms with Crippen molar-refractivity contribution in [1.29, 1.82) is 0 Å². The molecule has 0 amide bonds. The van der Waals surface area contributed by atoms with Gasteiger partial charge in [-0.1, -0.05) is 305 Å². The van der Waals surface area contributed by atoms with E-state index in [2.05, 4.69) is 413 Å². The van der Waals surface area contributed by atoms with Crippen LogP contribution in [0.2, 0.25) is 0 Å². The minimum atomic E-state index is -0.262. The Morgan fingerprint density at radius 1 is 0.214 bits per heavy atom. The van der Waals surface area contributed by atoms with Gasteiger partial charge in [0.05, 0.1) is 50.2 Å². The lowest BCUT2D eigenvalue weighted by atomic mass is 9.79. The quantitative estimate of drug-likeness (QED) is 0.101. The zero-order valence-electron chi connectivity index (χ0n) is 68.9. The molecule has 5 heterocycles. The molecule has 0 spiro atoms. The highest BCUT2D eigenvalue weighted by Crippen LogP contribution is 2.56. The second kappa shape index (κ2) is 27.8. The smallest absolute Gasteiger partial charge is 0.145 e. The van der Waals surface area contributed by atoms with Crippen LogP contribution in [-0.4, -0.2) is 29.5 Å². The molecule has 584 valence electrons. The number of nitrogens with zero attached hydrogens (tertiary/aromatic N) is 6. The molecule has 0 N–H and O–H groups in total. The van der Waals surface area contributed by atoms with Crippen molar-refractivity contribution < 1.29 is 0 Å². The lowest BCUT2D eigenvalue weighted by molar-refractivity contribution is 0.661. The van der Waals surface area contributed by atoms with Crippen molar-refractivity contribution in [1.82, 2.24) is 29.5 Å². The summed E-state index contributed by atoms with van der Waals surface area (Å²) >= 11 is 0. The van der Waals surface area contributed by atoms with Crippen molar-refractivity contribution in [3.63, 3.8) is 0 Å². The fourth-order valence-electron chi connectivity index (χ4n) is 21.1. The van der Waals surface area contributed by atoms with Crippen LogP contribution in [0.1, 0.15) is 25.0 Å². The number of rotatable bonds is 10. The average molecular weight is 1600 g/mol. The van der Waals surface area contributed by atoms with Gasteiger partial charge < -0.3 is 0 Å². The fraction of sp³-hybridized carbons (Fsp3) is 0.0250. The first-order valence-corrected chi connectivity index (χ1v) is 43.4. The molecule has 5 aromatic heterocycles. The number of pyridine rings is 4. The van der Waals surface area contributed by atoms with Crippen LogP contribution in [0.15, 0.2) is 413 Å². The molecule has 1 aliphatic rings. The van der Waals surface area contributed by atoms with E-state index in [4.69, 9.17) is 24.9 Å². The largest absolute Gasteiger partial charge is 0.292 e. The van der Waals surface area contributed by atoms with Crippen LogP contribution in [0.4, 0.5) is 0 Å². The monoisotopic (exact) mass is 1600 g/mol. The number of para-hydroxylation sites is 3. The molecule has 0 saturated carbocycles. The molecule has 0 fully saturated rings. The molecule has 0 atom stereocenters. The Morgan fingerprint density at radius 3 is 1.33 bits per heavy atom. The summed E-state index contributed by atoms with van der Waals surface area (Å²) in [5, 5.41) is 22.7. The van der Waals surface area contributed by atoms with Gasteiger partial charge in [-0.05, 0) is 274 Å². The molecule has 0 aliphatic heterocycles. The number of benzene rings is 20. The summed E-state index contributed by atoms with van der Waals surface area (Å²) in [6.07, 6.45) is 1.87. The van der Waals surface area contributed by atoms with Gasteiger partial charge in [0.15, 0.2) is 0 Å². The maximum absolute atomic E-state index is 5.76. The van der Waals surface area contributed by atoms with E-state index in [1.165, 1.54) is 104 Å². The first-order chi connectivity index (χ1) is 62.2. The first kappa shape index (κ1) is 71.3. The van der Waals surface area contributed by atoms with Gasteiger partial charge in [0.1, 0.15) is 5.82 Å². The zero-order chi connectivity index (χ0) is 83.0. The van der Waals surface area contributed by atoms with Gasteiger partial charge in [0.25, 0.3) is 0 Å². The van der Waals surface area contributed by atoms with Crippen LogP contribution < -0.4 is 0 Å². The molecule has 6 nitrogen and oxygen atoms in total. The molecule has 26 rings (SSSR count). The van der Waals surface area contributed by atoms with Crippen LogP contribution in [-0.2, 0) is 5.41 Å². The van der Waals surface area contributed by atoms with E-state index in [1.807, 2.05) is 18.3 Å². The van der Waals surface area contributed by atoms with E-state index in [0.29, 0.717) is 0 Å². The summed E-state index contributed by atoms with van der Waals surface area (Å²) in [5.74, 6) is 0.899. The lowest BCUT2D eigenvalue weighted by Crippen LogP contribution is -2.14. The minimum Gasteiger partial charge on any atom is -0.292 e. The number of hydrogen-bond acceptors (Lipinski definition) is 5. The van der Waals surface area contributed by atoms with E-state index in [-0.39, 0.29) is 5.41 Å². The van der Waals surface area contributed by atoms with Crippen LogP contribution in [0, 0.1) is 0 Å². The van der Waals surface area contributed by atoms with Gasteiger partial charge in [-0.3, -0.25) is 9.55 Å². The average Bonchev–Trinajstić information content (AvgIpc) is 1.61. The number of hydrogen-bond donors (Lipinski definition) is 0. The van der Waals surface area contributed by atoms with Crippen LogP contribution in [0.25, 0.3) is 258 Å². The van der Waals surface area contributed by atoms with E-state index < -0.39 is 0 Å². The molecule has 1 aliphatic carbocycles. The molecule has 6 heteroatoms. The Morgan fingerprint density at radius 2 is 0.659 bits per heavy atom. The Hall–Kier alpha value is -16.4. The highest BCUT2D eigenvalue weighted by atomic mass is 15.1. The van der Waals surface area contributed by atoms with E-state index in [0.717, 1.165) is 166 Å². The predicted octanol–water partition coefficient (Wildman–Crippen LogP) is 31.8. The van der Waals surface area contributed by atoms with Gasteiger partial charge in [-0.15, -0.1) is 0 Å². The van der Waals surface area contributed by atoms with Crippen molar-refractivity contribution >= 4 is 141 Å².